The fourth-order valence-electron chi connectivity index (χ4n) is 7.78. The van der Waals surface area contributed by atoms with Gasteiger partial charge in [0.05, 0.1) is 42.4 Å². The molecular formula is C36H42N8O4. The quantitative estimate of drug-likeness (QED) is 0.365. The van der Waals surface area contributed by atoms with Crippen molar-refractivity contribution in [1.82, 2.24) is 24.3 Å². The molecule has 2 saturated heterocycles. The number of anilines is 3. The first-order chi connectivity index (χ1) is 23.5. The summed E-state index contributed by atoms with van der Waals surface area (Å²) < 4.78 is 13.4. The molecule has 3 aromatic rings. The van der Waals surface area contributed by atoms with Crippen LogP contribution in [-0.4, -0.2) is 109 Å². The van der Waals surface area contributed by atoms with Crippen molar-refractivity contribution in [2.75, 3.05) is 75.2 Å². The van der Waals surface area contributed by atoms with Crippen LogP contribution in [0.5, 0.6) is 0 Å². The molecule has 1 amide bonds. The Labute approximate surface area is 280 Å². The standard InChI is InChI=1S/C36H42N8O4/c1-40-20-25(17-30(36(40)47-2)39-33-8-7-26(19-38-33)41-11-13-42(14-12-41)27-22-48-23-27)28-9-10-37-34(29(28)21-45)44-16-15-43-31-6-4-3-5-24(31)18-32(43)35(44)46/h7-10,17-21,27,36H,3-6,11-16,22-23H2,1-2H3,(H,38,39). The van der Waals surface area contributed by atoms with Crippen molar-refractivity contribution < 1.29 is 19.1 Å². The number of carbonyl (C=O) groups is 2. The summed E-state index contributed by atoms with van der Waals surface area (Å²) in [6, 6.07) is 8.53. The number of likely N-dealkylation sites (N-methyl/N-ethyl adjacent to an activating group) is 1. The van der Waals surface area contributed by atoms with Crippen molar-refractivity contribution in [2.24, 2.45) is 0 Å². The zero-order chi connectivity index (χ0) is 32.8. The van der Waals surface area contributed by atoms with Crippen LogP contribution in [0.3, 0.4) is 0 Å². The van der Waals surface area contributed by atoms with E-state index in [-0.39, 0.29) is 12.1 Å². The Morgan fingerprint density at radius 1 is 1.02 bits per heavy atom. The zero-order valence-electron chi connectivity index (χ0n) is 27.6. The van der Waals surface area contributed by atoms with Crippen LogP contribution in [0, 0.1) is 0 Å². The average molecular weight is 651 g/mol. The first-order valence-corrected chi connectivity index (χ1v) is 17.0. The Morgan fingerprint density at radius 2 is 1.85 bits per heavy atom. The van der Waals surface area contributed by atoms with Crippen LogP contribution in [0.15, 0.2) is 54.6 Å². The number of nitrogens with one attached hydrogen (secondary N) is 1. The van der Waals surface area contributed by atoms with Gasteiger partial charge in [-0.2, -0.15) is 0 Å². The van der Waals surface area contributed by atoms with Crippen LogP contribution >= 0.6 is 0 Å². The van der Waals surface area contributed by atoms with E-state index in [9.17, 15) is 9.59 Å². The fourth-order valence-corrected chi connectivity index (χ4v) is 7.78. The molecule has 1 atom stereocenters. The number of pyridine rings is 2. The van der Waals surface area contributed by atoms with Crippen LogP contribution in [0.1, 0.15) is 50.5 Å². The molecule has 1 aliphatic carbocycles. The van der Waals surface area contributed by atoms with E-state index >= 15 is 0 Å². The van der Waals surface area contributed by atoms with E-state index < -0.39 is 0 Å². The largest absolute Gasteiger partial charge is 0.378 e. The Bertz CT molecular complexity index is 1770. The summed E-state index contributed by atoms with van der Waals surface area (Å²) in [5.74, 6) is 0.972. The normalized spacial score (nSPS) is 21.7. The second kappa shape index (κ2) is 12.8. The van der Waals surface area contributed by atoms with Gasteiger partial charge in [0, 0.05) is 77.1 Å². The number of aryl methyl sites for hydroxylation is 1. The monoisotopic (exact) mass is 650 g/mol. The van der Waals surface area contributed by atoms with Crippen LogP contribution in [0.2, 0.25) is 0 Å². The number of hydrogen-bond acceptors (Lipinski definition) is 10. The molecule has 48 heavy (non-hydrogen) atoms. The minimum atomic E-state index is -0.387. The average Bonchev–Trinajstić information content (AvgIpc) is 3.48. The maximum atomic E-state index is 13.8. The van der Waals surface area contributed by atoms with Gasteiger partial charge in [0.25, 0.3) is 5.91 Å². The fraction of sp³-hybridized carbons (Fsp3) is 0.444. The highest BCUT2D eigenvalue weighted by Crippen LogP contribution is 2.34. The highest BCUT2D eigenvalue weighted by atomic mass is 16.5. The first-order valence-electron chi connectivity index (χ1n) is 17.0. The molecule has 1 unspecified atom stereocenters. The first kappa shape index (κ1) is 30.8. The molecule has 0 aromatic carbocycles. The van der Waals surface area contributed by atoms with E-state index in [1.54, 1.807) is 18.2 Å². The van der Waals surface area contributed by atoms with Crippen molar-refractivity contribution in [3.63, 3.8) is 0 Å². The topological polar surface area (TPSA) is 108 Å². The molecule has 5 aliphatic rings. The van der Waals surface area contributed by atoms with Gasteiger partial charge in [0.1, 0.15) is 17.3 Å². The van der Waals surface area contributed by atoms with E-state index in [4.69, 9.17) is 14.5 Å². The lowest BCUT2D eigenvalue weighted by atomic mass is 9.98. The number of allylic oxidation sites excluding steroid dienone is 2. The lowest BCUT2D eigenvalue weighted by Gasteiger charge is -2.43. The van der Waals surface area contributed by atoms with Gasteiger partial charge in [-0.1, -0.05) is 0 Å². The van der Waals surface area contributed by atoms with Gasteiger partial charge >= 0.3 is 0 Å². The molecule has 8 rings (SSSR count). The lowest BCUT2D eigenvalue weighted by molar-refractivity contribution is -0.0660. The van der Waals surface area contributed by atoms with Gasteiger partial charge in [0.2, 0.25) is 0 Å². The molecule has 1 N–H and O–H groups in total. The predicted octanol–water partition coefficient (Wildman–Crippen LogP) is 3.41. The third-order valence-corrected chi connectivity index (χ3v) is 10.4. The number of amides is 1. The molecule has 0 radical (unpaired) electrons. The summed E-state index contributed by atoms with van der Waals surface area (Å²) in [6.45, 7) is 6.83. The minimum absolute atomic E-state index is 0.111. The molecule has 0 bridgehead atoms. The second-order valence-electron chi connectivity index (χ2n) is 13.2. The van der Waals surface area contributed by atoms with E-state index in [0.717, 1.165) is 88.3 Å². The maximum Gasteiger partial charge on any atom is 0.276 e. The molecule has 0 saturated carbocycles. The predicted molar refractivity (Wildman–Crippen MR) is 183 cm³/mol. The highest BCUT2D eigenvalue weighted by Gasteiger charge is 2.33. The number of rotatable bonds is 8. The molecule has 0 spiro atoms. The van der Waals surface area contributed by atoms with Gasteiger partial charge in [0.15, 0.2) is 12.5 Å². The number of fused-ring (bicyclic) bond motifs is 3. The zero-order valence-corrected chi connectivity index (χ0v) is 27.6. The van der Waals surface area contributed by atoms with Gasteiger partial charge in [-0.05, 0) is 67.2 Å². The Morgan fingerprint density at radius 3 is 2.58 bits per heavy atom. The number of carbonyl (C=O) groups excluding carboxylic acids is 2. The van der Waals surface area contributed by atoms with Crippen molar-refractivity contribution in [3.05, 3.63) is 82.7 Å². The van der Waals surface area contributed by atoms with Crippen LogP contribution < -0.4 is 15.1 Å². The van der Waals surface area contributed by atoms with Gasteiger partial charge in [-0.15, -0.1) is 0 Å². The molecule has 12 nitrogen and oxygen atoms in total. The van der Waals surface area contributed by atoms with E-state index in [0.29, 0.717) is 47.6 Å². The lowest BCUT2D eigenvalue weighted by Crippen LogP contribution is -2.56. The molecular weight excluding hydrogens is 608 g/mol. The minimum Gasteiger partial charge on any atom is -0.378 e. The highest BCUT2D eigenvalue weighted by molar-refractivity contribution is 6.08. The summed E-state index contributed by atoms with van der Waals surface area (Å²) in [5, 5.41) is 3.47. The Kier molecular flexibility index (Phi) is 8.23. The molecule has 250 valence electrons. The molecule has 4 aliphatic heterocycles. The number of aldehydes is 1. The van der Waals surface area contributed by atoms with Gasteiger partial charge in [-0.25, -0.2) is 9.97 Å². The van der Waals surface area contributed by atoms with Crippen molar-refractivity contribution in [3.8, 4) is 0 Å². The Hall–Kier alpha value is -4.52. The van der Waals surface area contributed by atoms with Crippen molar-refractivity contribution in [1.29, 1.82) is 0 Å². The summed E-state index contributed by atoms with van der Waals surface area (Å²) >= 11 is 0. The van der Waals surface area contributed by atoms with E-state index in [2.05, 4.69) is 30.7 Å². The summed E-state index contributed by atoms with van der Waals surface area (Å²) in [4.78, 5) is 44.4. The van der Waals surface area contributed by atoms with Gasteiger partial charge in [-0.3, -0.25) is 19.4 Å². The smallest absolute Gasteiger partial charge is 0.276 e. The molecule has 7 heterocycles. The van der Waals surface area contributed by atoms with Crippen molar-refractivity contribution >= 4 is 35.1 Å². The summed E-state index contributed by atoms with van der Waals surface area (Å²) in [7, 11) is 3.60. The van der Waals surface area contributed by atoms with Crippen LogP contribution in [0.4, 0.5) is 17.3 Å². The maximum absolute atomic E-state index is 13.8. The van der Waals surface area contributed by atoms with Crippen molar-refractivity contribution in [2.45, 2.75) is 44.5 Å². The third-order valence-electron chi connectivity index (χ3n) is 10.4. The number of piperazine rings is 1. The number of methoxy groups -OCH3 is 1. The summed E-state index contributed by atoms with van der Waals surface area (Å²) in [6.07, 6.45) is 12.3. The number of ether oxygens (including phenoxy) is 2. The second-order valence-corrected chi connectivity index (χ2v) is 13.2. The molecule has 2 fully saturated rings. The van der Waals surface area contributed by atoms with E-state index in [1.807, 2.05) is 48.6 Å². The van der Waals surface area contributed by atoms with Crippen LogP contribution in [0.25, 0.3) is 5.57 Å². The van der Waals surface area contributed by atoms with Crippen LogP contribution in [-0.2, 0) is 28.9 Å². The SMILES string of the molecule is COC1C(Nc2ccc(N3CCN(C4COC4)CC3)cn2)=CC(c2ccnc(N3CCn4c(cc5c4CCCC5)C3=O)c2C=O)=CN1C. The third kappa shape index (κ3) is 5.47. The van der Waals surface area contributed by atoms with E-state index in [1.165, 1.54) is 11.3 Å². The molecule has 3 aromatic heterocycles. The number of nitrogens with zero attached hydrogens (tertiary/aromatic N) is 7. The number of hydrogen-bond donors (Lipinski definition) is 1. The number of aromatic nitrogens is 3. The molecule has 12 heteroatoms. The summed E-state index contributed by atoms with van der Waals surface area (Å²) in [5.41, 5.74) is 7.01. The van der Waals surface area contributed by atoms with Gasteiger partial charge < -0.3 is 29.2 Å². The Balaban J connectivity index is 1.03.